The van der Waals surface area contributed by atoms with E-state index < -0.39 is 0 Å². The lowest BCUT2D eigenvalue weighted by Crippen LogP contribution is -2.06. The second-order valence-electron chi connectivity index (χ2n) is 8.22. The van der Waals surface area contributed by atoms with Gasteiger partial charge in [-0.25, -0.2) is 0 Å². The van der Waals surface area contributed by atoms with Crippen LogP contribution in [0, 0.1) is 5.92 Å². The van der Waals surface area contributed by atoms with Crippen LogP contribution in [0.3, 0.4) is 0 Å². The number of hydrogen-bond acceptors (Lipinski definition) is 3. The molecule has 1 fully saturated rings. The zero-order chi connectivity index (χ0) is 19.6. The largest absolute Gasteiger partial charge is 0.393 e. The van der Waals surface area contributed by atoms with Gasteiger partial charge in [-0.15, -0.1) is 6.58 Å². The van der Waals surface area contributed by atoms with E-state index in [1.54, 1.807) is 0 Å². The van der Waals surface area contributed by atoms with E-state index in [2.05, 4.69) is 11.3 Å². The topological polar surface area (TPSA) is 43.4 Å². The lowest BCUT2D eigenvalue weighted by atomic mass is 9.98. The third kappa shape index (κ3) is 13.7. The zero-order valence-corrected chi connectivity index (χ0v) is 17.5. The van der Waals surface area contributed by atoms with Crippen LogP contribution in [-0.2, 0) is 14.3 Å². The highest BCUT2D eigenvalue weighted by Gasteiger charge is 2.32. The molecule has 0 amide bonds. The quantitative estimate of drug-likeness (QED) is 0.103. The molecule has 1 atom stereocenters. The van der Waals surface area contributed by atoms with Crippen LogP contribution in [0.25, 0.3) is 0 Å². The Morgan fingerprint density at radius 2 is 1.11 bits per heavy atom. The van der Waals surface area contributed by atoms with Crippen molar-refractivity contribution in [2.24, 2.45) is 5.92 Å². The minimum atomic E-state index is -0.343. The minimum absolute atomic E-state index is 0.158. The number of allylic oxidation sites excluding steroid dienone is 1. The summed E-state index contributed by atoms with van der Waals surface area (Å²) < 4.78 is 4.58. The molecule has 1 aliphatic heterocycles. The van der Waals surface area contributed by atoms with Gasteiger partial charge in [-0.1, -0.05) is 102 Å². The van der Waals surface area contributed by atoms with E-state index in [0.29, 0.717) is 6.42 Å². The smallest absolute Gasteiger partial charge is 0.317 e. The van der Waals surface area contributed by atoms with Gasteiger partial charge in [0.15, 0.2) is 0 Å². The van der Waals surface area contributed by atoms with E-state index in [-0.39, 0.29) is 17.9 Å². The van der Waals surface area contributed by atoms with Crippen molar-refractivity contribution in [2.75, 3.05) is 0 Å². The number of unbranched alkanes of at least 4 members (excludes halogenated alkanes) is 16. The molecule has 1 aliphatic rings. The van der Waals surface area contributed by atoms with Gasteiger partial charge in [0.05, 0.1) is 12.3 Å². The predicted molar refractivity (Wildman–Crippen MR) is 113 cm³/mol. The molecule has 27 heavy (non-hydrogen) atoms. The molecule has 1 heterocycles. The van der Waals surface area contributed by atoms with Gasteiger partial charge in [0.25, 0.3) is 0 Å². The van der Waals surface area contributed by atoms with Crippen LogP contribution in [0.4, 0.5) is 0 Å². The first-order valence-corrected chi connectivity index (χ1v) is 11.6. The average molecular weight is 379 g/mol. The van der Waals surface area contributed by atoms with Crippen molar-refractivity contribution < 1.29 is 14.3 Å². The monoisotopic (exact) mass is 378 g/mol. The fourth-order valence-corrected chi connectivity index (χ4v) is 3.90. The Morgan fingerprint density at radius 3 is 1.48 bits per heavy atom. The van der Waals surface area contributed by atoms with Crippen molar-refractivity contribution in [3.63, 3.8) is 0 Å². The zero-order valence-electron chi connectivity index (χ0n) is 17.5. The minimum Gasteiger partial charge on any atom is -0.393 e. The van der Waals surface area contributed by atoms with E-state index in [1.165, 1.54) is 103 Å². The molecule has 3 heteroatoms. The Labute approximate surface area is 167 Å². The molecule has 0 N–H and O–H groups in total. The Morgan fingerprint density at radius 1 is 0.704 bits per heavy atom. The summed E-state index contributed by atoms with van der Waals surface area (Å²) >= 11 is 0. The molecule has 0 aliphatic carbocycles. The van der Waals surface area contributed by atoms with Crippen molar-refractivity contribution in [3.05, 3.63) is 12.7 Å². The lowest BCUT2D eigenvalue weighted by molar-refractivity contribution is -0.153. The molecule has 156 valence electrons. The normalized spacial score (nSPS) is 16.7. The summed E-state index contributed by atoms with van der Waals surface area (Å²) in [4.78, 5) is 22.4. The van der Waals surface area contributed by atoms with Gasteiger partial charge < -0.3 is 4.74 Å². The predicted octanol–water partition coefficient (Wildman–Crippen LogP) is 7.28. The number of esters is 2. The second-order valence-corrected chi connectivity index (χ2v) is 8.22. The fraction of sp³-hybridized carbons (Fsp3) is 0.833. The molecule has 0 radical (unpaired) electrons. The maximum atomic E-state index is 11.4. The number of carbonyl (C=O) groups is 2. The van der Waals surface area contributed by atoms with Gasteiger partial charge >= 0.3 is 11.9 Å². The number of cyclic esters (lactones) is 2. The van der Waals surface area contributed by atoms with Crippen molar-refractivity contribution in [1.82, 2.24) is 0 Å². The Kier molecular flexibility index (Phi) is 15.1. The standard InChI is InChI=1S/C24H42O3/c1-2-3-4-5-6-7-8-9-10-11-12-13-14-15-16-17-18-19-20-22-21-23(25)27-24(22)26/h2,22H,1,3-21H2. The molecular weight excluding hydrogens is 336 g/mol. The SMILES string of the molecule is C=CCCCCCCCCCCCCCCCCCCC1CC(=O)OC1=O. The third-order valence-electron chi connectivity index (χ3n) is 5.67. The van der Waals surface area contributed by atoms with Gasteiger partial charge in [-0.05, 0) is 19.3 Å². The molecule has 0 bridgehead atoms. The van der Waals surface area contributed by atoms with Crippen LogP contribution in [0.1, 0.15) is 122 Å². The Bertz CT molecular complexity index is 402. The summed E-state index contributed by atoms with van der Waals surface area (Å²) in [5.74, 6) is -0.803. The van der Waals surface area contributed by atoms with Gasteiger partial charge in [0.1, 0.15) is 0 Å². The summed E-state index contributed by atoms with van der Waals surface area (Å²) in [6.45, 7) is 3.77. The highest BCUT2D eigenvalue weighted by molar-refractivity contribution is 5.94. The van der Waals surface area contributed by atoms with Gasteiger partial charge in [-0.3, -0.25) is 9.59 Å². The first-order chi connectivity index (χ1) is 13.2. The van der Waals surface area contributed by atoms with E-state index >= 15 is 0 Å². The molecule has 0 saturated carbocycles. The highest BCUT2D eigenvalue weighted by Crippen LogP contribution is 2.22. The molecular formula is C24H42O3. The Hall–Kier alpha value is -1.12. The van der Waals surface area contributed by atoms with E-state index in [9.17, 15) is 9.59 Å². The van der Waals surface area contributed by atoms with Crippen LogP contribution in [-0.4, -0.2) is 11.9 Å². The maximum absolute atomic E-state index is 11.4. The van der Waals surface area contributed by atoms with Crippen LogP contribution in [0.15, 0.2) is 12.7 Å². The molecule has 0 aromatic carbocycles. The van der Waals surface area contributed by atoms with Crippen LogP contribution >= 0.6 is 0 Å². The summed E-state index contributed by atoms with van der Waals surface area (Å²) in [5.41, 5.74) is 0. The molecule has 1 saturated heterocycles. The third-order valence-corrected chi connectivity index (χ3v) is 5.67. The second kappa shape index (κ2) is 17.0. The highest BCUT2D eigenvalue weighted by atomic mass is 16.6. The molecule has 0 aromatic heterocycles. The molecule has 0 aromatic rings. The first kappa shape index (κ1) is 23.9. The molecule has 1 unspecified atom stereocenters. The molecule has 1 rings (SSSR count). The first-order valence-electron chi connectivity index (χ1n) is 11.6. The molecule has 3 nitrogen and oxygen atoms in total. The van der Waals surface area contributed by atoms with Crippen molar-refractivity contribution in [1.29, 1.82) is 0 Å². The average Bonchev–Trinajstić information content (AvgIpc) is 2.98. The van der Waals surface area contributed by atoms with Crippen molar-refractivity contribution in [2.45, 2.75) is 122 Å². The van der Waals surface area contributed by atoms with Crippen molar-refractivity contribution in [3.8, 4) is 0 Å². The van der Waals surface area contributed by atoms with E-state index in [1.807, 2.05) is 6.08 Å². The lowest BCUT2D eigenvalue weighted by Gasteiger charge is -2.05. The van der Waals surface area contributed by atoms with Crippen LogP contribution in [0.2, 0.25) is 0 Å². The van der Waals surface area contributed by atoms with E-state index in [0.717, 1.165) is 12.8 Å². The summed E-state index contributed by atoms with van der Waals surface area (Å²) in [7, 11) is 0. The number of ether oxygens (including phenoxy) is 1. The molecule has 0 spiro atoms. The summed E-state index contributed by atoms with van der Waals surface area (Å²) in [5, 5.41) is 0. The number of carbonyl (C=O) groups excluding carboxylic acids is 2. The summed E-state index contributed by atoms with van der Waals surface area (Å²) in [6.07, 6.45) is 25.8. The van der Waals surface area contributed by atoms with Gasteiger partial charge in [0.2, 0.25) is 0 Å². The van der Waals surface area contributed by atoms with Crippen LogP contribution < -0.4 is 0 Å². The van der Waals surface area contributed by atoms with Gasteiger partial charge in [0, 0.05) is 0 Å². The number of hydrogen-bond donors (Lipinski definition) is 0. The summed E-state index contributed by atoms with van der Waals surface area (Å²) in [6, 6.07) is 0. The van der Waals surface area contributed by atoms with Gasteiger partial charge in [-0.2, -0.15) is 0 Å². The number of rotatable bonds is 19. The Balaban J connectivity index is 1.70. The van der Waals surface area contributed by atoms with Crippen molar-refractivity contribution >= 4 is 11.9 Å². The fourth-order valence-electron chi connectivity index (χ4n) is 3.90. The maximum Gasteiger partial charge on any atom is 0.317 e. The van der Waals surface area contributed by atoms with E-state index in [4.69, 9.17) is 0 Å². The van der Waals surface area contributed by atoms with Crippen LogP contribution in [0.5, 0.6) is 0 Å².